The Balaban J connectivity index is 1.72. The van der Waals surface area contributed by atoms with Gasteiger partial charge in [-0.15, -0.1) is 0 Å². The Bertz CT molecular complexity index is 722. The fourth-order valence-electron chi connectivity index (χ4n) is 2.55. The molecule has 0 amide bonds. The van der Waals surface area contributed by atoms with E-state index in [1.54, 1.807) is 24.1 Å². The molecule has 1 fully saturated rings. The van der Waals surface area contributed by atoms with Crippen LogP contribution in [0.15, 0.2) is 24.8 Å². The highest BCUT2D eigenvalue weighted by Gasteiger charge is 2.51. The van der Waals surface area contributed by atoms with E-state index >= 15 is 0 Å². The molecule has 0 aromatic carbocycles. The Kier molecular flexibility index (Phi) is 3.65. The number of nitrogens with zero attached hydrogens (tertiary/aromatic N) is 4. The van der Waals surface area contributed by atoms with Crippen molar-refractivity contribution in [2.45, 2.75) is 24.6 Å². The Morgan fingerprint density at radius 3 is 2.70 bits per heavy atom. The molecule has 0 saturated heterocycles. The summed E-state index contributed by atoms with van der Waals surface area (Å²) < 4.78 is 47.1. The van der Waals surface area contributed by atoms with Crippen LogP contribution < -0.4 is 0 Å². The topological polar surface area (TPSA) is 61.9 Å². The summed E-state index contributed by atoms with van der Waals surface area (Å²) in [6.45, 7) is 0. The highest BCUT2D eigenvalue weighted by molar-refractivity contribution is 5.77. The van der Waals surface area contributed by atoms with Gasteiger partial charge in [-0.1, -0.05) is 0 Å². The van der Waals surface area contributed by atoms with E-state index in [9.17, 15) is 18.0 Å². The summed E-state index contributed by atoms with van der Waals surface area (Å²) >= 11 is 0. The van der Waals surface area contributed by atoms with Crippen LogP contribution in [0.2, 0.25) is 0 Å². The zero-order valence-electron chi connectivity index (χ0n) is 12.5. The van der Waals surface area contributed by atoms with Gasteiger partial charge in [0.05, 0.1) is 12.1 Å². The molecule has 6 nitrogen and oxygen atoms in total. The van der Waals surface area contributed by atoms with Crippen molar-refractivity contribution in [2.75, 3.05) is 0 Å². The van der Waals surface area contributed by atoms with Gasteiger partial charge in [0.15, 0.2) is 5.82 Å². The number of esters is 1. The van der Waals surface area contributed by atoms with Gasteiger partial charge in [0.2, 0.25) is 0 Å². The largest absolute Gasteiger partial charge is 0.444 e. The minimum absolute atomic E-state index is 0.133. The number of carbonyl (C=O) groups is 1. The summed E-state index contributed by atoms with van der Waals surface area (Å²) in [6.07, 6.45) is -0.640. The van der Waals surface area contributed by atoms with E-state index in [1.807, 2.05) is 0 Å². The molecule has 0 spiro atoms. The first kappa shape index (κ1) is 15.6. The second kappa shape index (κ2) is 5.39. The summed E-state index contributed by atoms with van der Waals surface area (Å²) in [6, 6.07) is 0. The molecule has 9 heteroatoms. The number of alkyl halides is 3. The van der Waals surface area contributed by atoms with Crippen LogP contribution in [-0.4, -0.2) is 31.5 Å². The van der Waals surface area contributed by atoms with Crippen molar-refractivity contribution in [1.82, 2.24) is 19.3 Å². The molecular weight excluding hydrogens is 313 g/mol. The van der Waals surface area contributed by atoms with E-state index in [-0.39, 0.29) is 11.7 Å². The van der Waals surface area contributed by atoms with Crippen LogP contribution in [0.1, 0.15) is 29.8 Å². The normalized spacial score (nSPS) is 22.0. The number of rotatable bonds is 4. The van der Waals surface area contributed by atoms with Gasteiger partial charge in [-0.25, -0.2) is 4.98 Å². The molecular formula is C14H15F3N4O2. The quantitative estimate of drug-likeness (QED) is 0.807. The van der Waals surface area contributed by atoms with Crippen LogP contribution >= 0.6 is 0 Å². The fraction of sp³-hybridized carbons (Fsp3) is 0.500. The zero-order valence-corrected chi connectivity index (χ0v) is 12.5. The van der Waals surface area contributed by atoms with Crippen LogP contribution in [0.25, 0.3) is 0 Å². The van der Waals surface area contributed by atoms with Gasteiger partial charge in [-0.3, -0.25) is 9.48 Å². The maximum Gasteiger partial charge on any atom is 0.432 e. The lowest BCUT2D eigenvalue weighted by Crippen LogP contribution is -2.29. The van der Waals surface area contributed by atoms with Crippen molar-refractivity contribution in [3.8, 4) is 0 Å². The number of aryl methyl sites for hydroxylation is 2. The first-order valence-corrected chi connectivity index (χ1v) is 7.00. The van der Waals surface area contributed by atoms with Crippen molar-refractivity contribution in [3.63, 3.8) is 0 Å². The zero-order chi connectivity index (χ0) is 16.8. The molecule has 3 atom stereocenters. The van der Waals surface area contributed by atoms with Crippen LogP contribution in [-0.2, 0) is 23.6 Å². The fourth-order valence-corrected chi connectivity index (χ4v) is 2.55. The molecule has 0 unspecified atom stereocenters. The Labute approximate surface area is 129 Å². The highest BCUT2D eigenvalue weighted by Crippen LogP contribution is 2.49. The van der Waals surface area contributed by atoms with Crippen LogP contribution in [0, 0.1) is 5.92 Å². The van der Waals surface area contributed by atoms with Crippen molar-refractivity contribution in [1.29, 1.82) is 0 Å². The van der Waals surface area contributed by atoms with Gasteiger partial charge < -0.3 is 9.30 Å². The molecule has 0 N–H and O–H groups in total. The number of imidazole rings is 1. The Morgan fingerprint density at radius 2 is 2.17 bits per heavy atom. The SMILES string of the molecule is Cn1cc([C@@H]2C[C@@H]2C(=O)O[C@H](c2nccn2C)C(F)(F)F)cn1. The standard InChI is InChI=1S/C14H15F3N4O2/c1-20-4-3-18-12(20)11(14(15,16)17)23-13(22)10-5-9(10)8-6-19-21(2)7-8/h3-4,6-7,9-11H,5H2,1-2H3/t9-,10-,11+/m0/s1. The van der Waals surface area contributed by atoms with E-state index < -0.39 is 24.2 Å². The van der Waals surface area contributed by atoms with Gasteiger partial charge in [0.1, 0.15) is 0 Å². The lowest BCUT2D eigenvalue weighted by Gasteiger charge is -2.20. The summed E-state index contributed by atoms with van der Waals surface area (Å²) in [5.41, 5.74) is 0.829. The van der Waals surface area contributed by atoms with Gasteiger partial charge >= 0.3 is 12.1 Å². The third-order valence-electron chi connectivity index (χ3n) is 3.87. The maximum atomic E-state index is 13.2. The number of aromatic nitrogens is 4. The lowest BCUT2D eigenvalue weighted by molar-refractivity contribution is -0.227. The molecule has 0 aliphatic heterocycles. The number of carbonyl (C=O) groups excluding carboxylic acids is 1. The van der Waals surface area contributed by atoms with Gasteiger partial charge in [-0.2, -0.15) is 18.3 Å². The molecule has 3 rings (SSSR count). The summed E-state index contributed by atoms with van der Waals surface area (Å²) in [5, 5.41) is 4.00. The average molecular weight is 328 g/mol. The predicted octanol–water partition coefficient (Wildman–Crippen LogP) is 2.10. The molecule has 1 saturated carbocycles. The van der Waals surface area contributed by atoms with Crippen LogP contribution in [0.4, 0.5) is 13.2 Å². The second-order valence-corrected chi connectivity index (χ2v) is 5.65. The van der Waals surface area contributed by atoms with E-state index in [1.165, 1.54) is 24.0 Å². The maximum absolute atomic E-state index is 13.2. The van der Waals surface area contributed by atoms with Gasteiger partial charge in [-0.05, 0) is 12.0 Å². The number of hydrogen-bond acceptors (Lipinski definition) is 4. The average Bonchev–Trinajstić information content (AvgIpc) is 2.97. The highest BCUT2D eigenvalue weighted by atomic mass is 19.4. The van der Waals surface area contributed by atoms with Gasteiger partial charge in [0, 0.05) is 38.6 Å². The summed E-state index contributed by atoms with van der Waals surface area (Å²) in [5.74, 6) is -1.90. The molecule has 2 aromatic rings. The van der Waals surface area contributed by atoms with E-state index in [0.29, 0.717) is 6.42 Å². The molecule has 1 aliphatic carbocycles. The smallest absolute Gasteiger partial charge is 0.432 e. The number of halogens is 3. The molecule has 2 aromatic heterocycles. The summed E-state index contributed by atoms with van der Waals surface area (Å²) in [7, 11) is 3.16. The Morgan fingerprint density at radius 1 is 1.43 bits per heavy atom. The van der Waals surface area contributed by atoms with Gasteiger partial charge in [0.25, 0.3) is 6.10 Å². The first-order valence-electron chi connectivity index (χ1n) is 7.00. The first-order chi connectivity index (χ1) is 10.8. The molecule has 23 heavy (non-hydrogen) atoms. The van der Waals surface area contributed by atoms with E-state index in [0.717, 1.165) is 5.56 Å². The van der Waals surface area contributed by atoms with Crippen LogP contribution in [0.3, 0.4) is 0 Å². The summed E-state index contributed by atoms with van der Waals surface area (Å²) in [4.78, 5) is 15.7. The third-order valence-corrected chi connectivity index (χ3v) is 3.87. The van der Waals surface area contributed by atoms with E-state index in [4.69, 9.17) is 4.74 Å². The minimum atomic E-state index is -4.71. The molecule has 2 heterocycles. The number of hydrogen-bond donors (Lipinski definition) is 0. The molecule has 0 bridgehead atoms. The second-order valence-electron chi connectivity index (χ2n) is 5.65. The lowest BCUT2D eigenvalue weighted by atomic mass is 10.2. The molecule has 124 valence electrons. The van der Waals surface area contributed by atoms with Crippen molar-refractivity contribution >= 4 is 5.97 Å². The third kappa shape index (κ3) is 3.08. The van der Waals surface area contributed by atoms with Crippen molar-refractivity contribution in [3.05, 3.63) is 36.2 Å². The number of ether oxygens (including phenoxy) is 1. The van der Waals surface area contributed by atoms with Crippen molar-refractivity contribution in [2.24, 2.45) is 20.0 Å². The Hall–Kier alpha value is -2.32. The molecule has 0 radical (unpaired) electrons. The van der Waals surface area contributed by atoms with Crippen LogP contribution in [0.5, 0.6) is 0 Å². The predicted molar refractivity (Wildman–Crippen MR) is 72.2 cm³/mol. The molecule has 1 aliphatic rings. The minimum Gasteiger partial charge on any atom is -0.444 e. The van der Waals surface area contributed by atoms with Crippen molar-refractivity contribution < 1.29 is 22.7 Å². The monoisotopic (exact) mass is 328 g/mol. The van der Waals surface area contributed by atoms with E-state index in [2.05, 4.69) is 10.1 Å².